The molecule has 1 aliphatic carbocycles. The van der Waals surface area contributed by atoms with Crippen molar-refractivity contribution in [2.75, 3.05) is 13.2 Å². The summed E-state index contributed by atoms with van der Waals surface area (Å²) in [6.45, 7) is 1.55. The van der Waals surface area contributed by atoms with Crippen molar-refractivity contribution in [3.63, 3.8) is 0 Å². The topological polar surface area (TPSA) is 32.3 Å². The molecule has 0 bridgehead atoms. The van der Waals surface area contributed by atoms with E-state index in [9.17, 15) is 9.50 Å². The van der Waals surface area contributed by atoms with Crippen LogP contribution in [0.2, 0.25) is 0 Å². The van der Waals surface area contributed by atoms with Crippen LogP contribution in [0.3, 0.4) is 0 Å². The van der Waals surface area contributed by atoms with Crippen molar-refractivity contribution < 1.29 is 9.50 Å². The summed E-state index contributed by atoms with van der Waals surface area (Å²) in [6, 6.07) is 6.84. The highest BCUT2D eigenvalue weighted by atomic mass is 19.1. The average molecular weight is 251 g/mol. The summed E-state index contributed by atoms with van der Waals surface area (Å²) in [7, 11) is 0. The van der Waals surface area contributed by atoms with Crippen LogP contribution >= 0.6 is 0 Å². The third kappa shape index (κ3) is 3.30. The lowest BCUT2D eigenvalue weighted by molar-refractivity contribution is 0.0810. The van der Waals surface area contributed by atoms with Gasteiger partial charge in [-0.25, -0.2) is 4.39 Å². The highest BCUT2D eigenvalue weighted by Gasteiger charge is 2.30. The summed E-state index contributed by atoms with van der Waals surface area (Å²) in [5.74, 6) is -0.160. The standard InChI is InChI=1S/C15H22FNO/c16-14-7-3-2-6-13(14)10-17-11-15(12-18)8-4-1-5-9-15/h2-3,6-7,17-18H,1,4-5,8-12H2. The van der Waals surface area contributed by atoms with Crippen LogP contribution in [-0.2, 0) is 6.54 Å². The molecule has 0 amide bonds. The average Bonchev–Trinajstić information content (AvgIpc) is 2.42. The van der Waals surface area contributed by atoms with Gasteiger partial charge in [0.25, 0.3) is 0 Å². The first kappa shape index (κ1) is 13.5. The van der Waals surface area contributed by atoms with Gasteiger partial charge in [-0.15, -0.1) is 0 Å². The monoisotopic (exact) mass is 251 g/mol. The van der Waals surface area contributed by atoms with Crippen LogP contribution in [0.4, 0.5) is 4.39 Å². The third-order valence-electron chi connectivity index (χ3n) is 4.02. The van der Waals surface area contributed by atoms with Gasteiger partial charge in [-0.3, -0.25) is 0 Å². The van der Waals surface area contributed by atoms with Gasteiger partial charge in [-0.2, -0.15) is 0 Å². The number of nitrogens with one attached hydrogen (secondary N) is 1. The fraction of sp³-hybridized carbons (Fsp3) is 0.600. The number of aliphatic hydroxyl groups is 1. The van der Waals surface area contributed by atoms with E-state index in [1.54, 1.807) is 12.1 Å². The molecule has 0 aliphatic heterocycles. The Labute approximate surface area is 108 Å². The van der Waals surface area contributed by atoms with Crippen LogP contribution < -0.4 is 5.32 Å². The lowest BCUT2D eigenvalue weighted by Crippen LogP contribution is -2.38. The molecule has 2 nitrogen and oxygen atoms in total. The van der Waals surface area contributed by atoms with Crippen molar-refractivity contribution in [2.24, 2.45) is 5.41 Å². The molecule has 100 valence electrons. The fourth-order valence-corrected chi connectivity index (χ4v) is 2.80. The quantitative estimate of drug-likeness (QED) is 0.843. The maximum Gasteiger partial charge on any atom is 0.127 e. The molecule has 0 unspecified atom stereocenters. The molecule has 18 heavy (non-hydrogen) atoms. The largest absolute Gasteiger partial charge is 0.396 e. The van der Waals surface area contributed by atoms with E-state index in [1.807, 2.05) is 6.07 Å². The minimum Gasteiger partial charge on any atom is -0.396 e. The van der Waals surface area contributed by atoms with Gasteiger partial charge in [-0.1, -0.05) is 37.5 Å². The zero-order valence-electron chi connectivity index (χ0n) is 10.8. The van der Waals surface area contributed by atoms with Crippen molar-refractivity contribution >= 4 is 0 Å². The Kier molecular flexibility index (Phi) is 4.72. The number of rotatable bonds is 5. The summed E-state index contributed by atoms with van der Waals surface area (Å²) in [5.41, 5.74) is 0.713. The summed E-state index contributed by atoms with van der Waals surface area (Å²) < 4.78 is 13.4. The van der Waals surface area contributed by atoms with E-state index >= 15 is 0 Å². The molecule has 2 rings (SSSR count). The minimum atomic E-state index is -0.160. The number of halogens is 1. The van der Waals surface area contributed by atoms with E-state index in [2.05, 4.69) is 5.32 Å². The molecule has 0 aromatic heterocycles. The van der Waals surface area contributed by atoms with Crippen LogP contribution in [0.5, 0.6) is 0 Å². The number of aliphatic hydroxyl groups excluding tert-OH is 1. The maximum atomic E-state index is 13.4. The Morgan fingerprint density at radius 2 is 1.89 bits per heavy atom. The third-order valence-corrected chi connectivity index (χ3v) is 4.02. The molecular formula is C15H22FNO. The first-order valence-corrected chi connectivity index (χ1v) is 6.81. The zero-order chi connectivity index (χ0) is 12.8. The van der Waals surface area contributed by atoms with Crippen LogP contribution in [0.25, 0.3) is 0 Å². The van der Waals surface area contributed by atoms with Gasteiger partial charge in [0.15, 0.2) is 0 Å². The van der Waals surface area contributed by atoms with E-state index in [4.69, 9.17) is 0 Å². The van der Waals surface area contributed by atoms with Crippen LogP contribution in [0, 0.1) is 11.2 Å². The van der Waals surface area contributed by atoms with Gasteiger partial charge < -0.3 is 10.4 Å². The molecular weight excluding hydrogens is 229 g/mol. The highest BCUT2D eigenvalue weighted by Crippen LogP contribution is 2.35. The number of hydrogen-bond donors (Lipinski definition) is 2. The summed E-state index contributed by atoms with van der Waals surface area (Å²) >= 11 is 0. The summed E-state index contributed by atoms with van der Waals surface area (Å²) in [4.78, 5) is 0. The minimum absolute atomic E-state index is 0.0174. The van der Waals surface area contributed by atoms with Crippen molar-refractivity contribution in [2.45, 2.75) is 38.6 Å². The SMILES string of the molecule is OCC1(CNCc2ccccc2F)CCCCC1. The second kappa shape index (κ2) is 6.30. The van der Waals surface area contributed by atoms with Gasteiger partial charge in [0.2, 0.25) is 0 Å². The molecule has 0 radical (unpaired) electrons. The Morgan fingerprint density at radius 3 is 2.56 bits per heavy atom. The second-order valence-corrected chi connectivity index (χ2v) is 5.41. The smallest absolute Gasteiger partial charge is 0.127 e. The van der Waals surface area contributed by atoms with Crippen molar-refractivity contribution in [3.05, 3.63) is 35.6 Å². The first-order valence-electron chi connectivity index (χ1n) is 6.81. The Balaban J connectivity index is 1.85. The predicted molar refractivity (Wildman–Crippen MR) is 70.7 cm³/mol. The van der Waals surface area contributed by atoms with Crippen molar-refractivity contribution in [3.8, 4) is 0 Å². The lowest BCUT2D eigenvalue weighted by Gasteiger charge is -2.35. The molecule has 2 N–H and O–H groups in total. The van der Waals surface area contributed by atoms with Crippen molar-refractivity contribution in [1.82, 2.24) is 5.32 Å². The summed E-state index contributed by atoms with van der Waals surface area (Å²) in [5, 5.41) is 12.9. The van der Waals surface area contributed by atoms with Gasteiger partial charge in [-0.05, 0) is 18.9 Å². The molecule has 3 heteroatoms. The van der Waals surface area contributed by atoms with E-state index in [0.29, 0.717) is 12.1 Å². The molecule has 1 aromatic rings. The molecule has 0 heterocycles. The van der Waals surface area contributed by atoms with Gasteiger partial charge in [0.1, 0.15) is 5.82 Å². The Morgan fingerprint density at radius 1 is 1.17 bits per heavy atom. The zero-order valence-corrected chi connectivity index (χ0v) is 10.8. The van der Waals surface area contributed by atoms with Crippen molar-refractivity contribution in [1.29, 1.82) is 0 Å². The molecule has 1 fully saturated rings. The van der Waals surface area contributed by atoms with E-state index < -0.39 is 0 Å². The second-order valence-electron chi connectivity index (χ2n) is 5.41. The van der Waals surface area contributed by atoms with Gasteiger partial charge in [0.05, 0.1) is 0 Å². The molecule has 0 saturated heterocycles. The molecule has 1 aromatic carbocycles. The Bertz CT molecular complexity index is 375. The molecule has 0 spiro atoms. The maximum absolute atomic E-state index is 13.4. The van der Waals surface area contributed by atoms with Crippen LogP contribution in [0.15, 0.2) is 24.3 Å². The molecule has 1 saturated carbocycles. The van der Waals surface area contributed by atoms with Crippen LogP contribution in [-0.4, -0.2) is 18.3 Å². The number of benzene rings is 1. The normalized spacial score (nSPS) is 18.8. The van der Waals surface area contributed by atoms with Gasteiger partial charge in [0, 0.05) is 30.7 Å². The fourth-order valence-electron chi connectivity index (χ4n) is 2.80. The highest BCUT2D eigenvalue weighted by molar-refractivity contribution is 5.16. The van der Waals surface area contributed by atoms with Crippen LogP contribution in [0.1, 0.15) is 37.7 Å². The molecule has 1 aliphatic rings. The first-order chi connectivity index (χ1) is 8.76. The predicted octanol–water partition coefficient (Wildman–Crippen LogP) is 2.86. The lowest BCUT2D eigenvalue weighted by atomic mass is 9.74. The van der Waals surface area contributed by atoms with Gasteiger partial charge >= 0.3 is 0 Å². The molecule has 0 atom stereocenters. The van der Waals surface area contributed by atoms with E-state index in [-0.39, 0.29) is 17.8 Å². The summed E-state index contributed by atoms with van der Waals surface area (Å²) in [6.07, 6.45) is 5.82. The van der Waals surface area contributed by atoms with E-state index in [0.717, 1.165) is 19.4 Å². The Hall–Kier alpha value is -0.930. The van der Waals surface area contributed by atoms with E-state index in [1.165, 1.54) is 25.3 Å². The number of hydrogen-bond acceptors (Lipinski definition) is 2.